The quantitative estimate of drug-likeness (QED) is 0.370. The average Bonchev–Trinajstić information content (AvgIpc) is 2.64. The standard InChI is InChI=1S/C21H15Cl4NO/c1-13-17(23)3-2-4-20(13)26-11-15-9-18(24)21(19(25)10-15)27-12-14-5-7-16(22)8-6-14/h2-11H,12H2,1H3. The third kappa shape index (κ3) is 5.18. The van der Waals surface area contributed by atoms with Gasteiger partial charge < -0.3 is 4.74 Å². The summed E-state index contributed by atoms with van der Waals surface area (Å²) in [6, 6.07) is 16.5. The van der Waals surface area contributed by atoms with Crippen molar-refractivity contribution < 1.29 is 4.74 Å². The second-order valence-electron chi connectivity index (χ2n) is 5.87. The highest BCUT2D eigenvalue weighted by molar-refractivity contribution is 6.37. The van der Waals surface area contributed by atoms with Gasteiger partial charge in [-0.2, -0.15) is 0 Å². The third-order valence-electron chi connectivity index (χ3n) is 3.91. The van der Waals surface area contributed by atoms with Gasteiger partial charge in [0, 0.05) is 16.3 Å². The number of hydrogen-bond acceptors (Lipinski definition) is 2. The van der Waals surface area contributed by atoms with Crippen LogP contribution in [0.1, 0.15) is 16.7 Å². The van der Waals surface area contributed by atoms with Crippen molar-refractivity contribution in [1.82, 2.24) is 0 Å². The van der Waals surface area contributed by atoms with E-state index >= 15 is 0 Å². The Morgan fingerprint density at radius 3 is 2.22 bits per heavy atom. The largest absolute Gasteiger partial charge is 0.486 e. The molecule has 6 heteroatoms. The second-order valence-corrected chi connectivity index (χ2v) is 7.53. The first kappa shape index (κ1) is 20.0. The zero-order valence-corrected chi connectivity index (χ0v) is 17.4. The van der Waals surface area contributed by atoms with Gasteiger partial charge in [-0.1, -0.05) is 64.6 Å². The zero-order valence-electron chi connectivity index (χ0n) is 14.3. The van der Waals surface area contributed by atoms with Gasteiger partial charge in [0.2, 0.25) is 0 Å². The van der Waals surface area contributed by atoms with Crippen LogP contribution in [-0.4, -0.2) is 6.21 Å². The van der Waals surface area contributed by atoms with Crippen LogP contribution in [0.2, 0.25) is 20.1 Å². The summed E-state index contributed by atoms with van der Waals surface area (Å²) in [5, 5.41) is 2.18. The van der Waals surface area contributed by atoms with Gasteiger partial charge in [-0.25, -0.2) is 0 Å². The van der Waals surface area contributed by atoms with Crippen LogP contribution in [0.15, 0.2) is 59.6 Å². The summed E-state index contributed by atoms with van der Waals surface area (Å²) in [5.41, 5.74) is 3.44. The third-order valence-corrected chi connectivity index (χ3v) is 5.13. The molecule has 0 saturated carbocycles. The summed E-state index contributed by atoms with van der Waals surface area (Å²) in [5.74, 6) is 0.435. The van der Waals surface area contributed by atoms with Crippen molar-refractivity contribution in [2.24, 2.45) is 4.99 Å². The van der Waals surface area contributed by atoms with E-state index in [-0.39, 0.29) is 0 Å². The fourth-order valence-electron chi connectivity index (χ4n) is 2.41. The molecule has 0 aromatic heterocycles. The Bertz CT molecular complexity index is 961. The molecule has 138 valence electrons. The molecule has 3 rings (SSSR count). The molecular formula is C21H15Cl4NO. The minimum absolute atomic E-state index is 0.339. The smallest absolute Gasteiger partial charge is 0.157 e. The van der Waals surface area contributed by atoms with E-state index in [1.54, 1.807) is 30.5 Å². The molecule has 0 heterocycles. The number of halogens is 4. The summed E-state index contributed by atoms with van der Waals surface area (Å²) in [7, 11) is 0. The first-order chi connectivity index (χ1) is 12.9. The fraction of sp³-hybridized carbons (Fsp3) is 0.0952. The summed E-state index contributed by atoms with van der Waals surface area (Å²) in [6.07, 6.45) is 1.69. The van der Waals surface area contributed by atoms with Crippen molar-refractivity contribution in [3.8, 4) is 5.75 Å². The van der Waals surface area contributed by atoms with Crippen molar-refractivity contribution in [3.63, 3.8) is 0 Å². The average molecular weight is 439 g/mol. The summed E-state index contributed by atoms with van der Waals surface area (Å²) in [6.45, 7) is 2.26. The van der Waals surface area contributed by atoms with Crippen LogP contribution < -0.4 is 4.74 Å². The van der Waals surface area contributed by atoms with Crippen molar-refractivity contribution in [2.45, 2.75) is 13.5 Å². The molecule has 0 amide bonds. The lowest BCUT2D eigenvalue weighted by Gasteiger charge is -2.11. The zero-order chi connectivity index (χ0) is 19.4. The van der Waals surface area contributed by atoms with E-state index in [1.165, 1.54) is 0 Å². The van der Waals surface area contributed by atoms with Crippen LogP contribution in [-0.2, 0) is 6.61 Å². The SMILES string of the molecule is Cc1c(Cl)cccc1N=Cc1cc(Cl)c(OCc2ccc(Cl)cc2)c(Cl)c1. The molecule has 27 heavy (non-hydrogen) atoms. The van der Waals surface area contributed by atoms with Gasteiger partial charge in [0.1, 0.15) is 6.61 Å². The molecule has 0 fully saturated rings. The highest BCUT2D eigenvalue weighted by Crippen LogP contribution is 2.35. The monoisotopic (exact) mass is 437 g/mol. The lowest BCUT2D eigenvalue weighted by molar-refractivity contribution is 0.306. The Morgan fingerprint density at radius 2 is 1.56 bits per heavy atom. The molecule has 0 radical (unpaired) electrons. The topological polar surface area (TPSA) is 21.6 Å². The number of aliphatic imine (C=N–C) groups is 1. The molecule has 0 atom stereocenters. The molecule has 3 aromatic carbocycles. The number of ether oxygens (including phenoxy) is 1. The maximum Gasteiger partial charge on any atom is 0.157 e. The van der Waals surface area contributed by atoms with Crippen molar-refractivity contribution in [2.75, 3.05) is 0 Å². The number of nitrogens with zero attached hydrogens (tertiary/aromatic N) is 1. The first-order valence-corrected chi connectivity index (χ1v) is 9.60. The highest BCUT2D eigenvalue weighted by Gasteiger charge is 2.10. The second kappa shape index (κ2) is 8.99. The number of hydrogen-bond donors (Lipinski definition) is 0. The molecule has 0 bridgehead atoms. The van der Waals surface area contributed by atoms with Crippen LogP contribution in [0, 0.1) is 6.92 Å². The van der Waals surface area contributed by atoms with Crippen molar-refractivity contribution in [3.05, 3.63) is 91.4 Å². The van der Waals surface area contributed by atoms with Gasteiger partial charge in [-0.05, 0) is 60.0 Å². The van der Waals surface area contributed by atoms with Crippen molar-refractivity contribution >= 4 is 58.3 Å². The molecule has 2 nitrogen and oxygen atoms in total. The predicted molar refractivity (Wildman–Crippen MR) is 116 cm³/mol. The molecule has 3 aromatic rings. The van der Waals surface area contributed by atoms with Gasteiger partial charge in [-0.15, -0.1) is 0 Å². The van der Waals surface area contributed by atoms with Gasteiger partial charge in [0.15, 0.2) is 5.75 Å². The van der Waals surface area contributed by atoms with Crippen LogP contribution >= 0.6 is 46.4 Å². The lowest BCUT2D eigenvalue weighted by atomic mass is 10.2. The van der Waals surface area contributed by atoms with E-state index in [2.05, 4.69) is 4.99 Å². The van der Waals surface area contributed by atoms with Crippen molar-refractivity contribution in [1.29, 1.82) is 0 Å². The first-order valence-electron chi connectivity index (χ1n) is 8.09. The molecule has 0 unspecified atom stereocenters. The number of rotatable bonds is 5. The highest BCUT2D eigenvalue weighted by atomic mass is 35.5. The number of benzene rings is 3. The van der Waals surface area contributed by atoms with Gasteiger partial charge in [-0.3, -0.25) is 4.99 Å². The Hall–Kier alpha value is -1.71. The van der Waals surface area contributed by atoms with Gasteiger partial charge >= 0.3 is 0 Å². The molecule has 0 N–H and O–H groups in total. The van der Waals surface area contributed by atoms with E-state index < -0.39 is 0 Å². The fourth-order valence-corrected chi connectivity index (χ4v) is 3.32. The van der Waals surface area contributed by atoms with Gasteiger partial charge in [0.05, 0.1) is 15.7 Å². The predicted octanol–water partition coefficient (Wildman–Crippen LogP) is 7.94. The van der Waals surface area contributed by atoms with E-state index in [0.29, 0.717) is 32.4 Å². The maximum absolute atomic E-state index is 6.35. The van der Waals surface area contributed by atoms with Gasteiger partial charge in [0.25, 0.3) is 0 Å². The molecule has 0 aliphatic heterocycles. The Labute approximate surface area is 178 Å². The molecule has 0 aliphatic rings. The molecule has 0 saturated heterocycles. The molecule has 0 spiro atoms. The van der Waals surface area contributed by atoms with Crippen LogP contribution in [0.3, 0.4) is 0 Å². The van der Waals surface area contributed by atoms with Crippen LogP contribution in [0.25, 0.3) is 0 Å². The minimum atomic E-state index is 0.339. The minimum Gasteiger partial charge on any atom is -0.486 e. The van der Waals surface area contributed by atoms with E-state index in [1.807, 2.05) is 37.3 Å². The molecule has 0 aliphatic carbocycles. The van der Waals surface area contributed by atoms with Crippen LogP contribution in [0.4, 0.5) is 5.69 Å². The maximum atomic E-state index is 6.35. The summed E-state index contributed by atoms with van der Waals surface area (Å²) in [4.78, 5) is 4.47. The summed E-state index contributed by atoms with van der Waals surface area (Å²) >= 11 is 24.7. The Balaban J connectivity index is 1.77. The van der Waals surface area contributed by atoms with E-state index in [0.717, 1.165) is 22.4 Å². The Kier molecular flexibility index (Phi) is 6.67. The van der Waals surface area contributed by atoms with E-state index in [9.17, 15) is 0 Å². The normalized spacial score (nSPS) is 11.1. The summed E-state index contributed by atoms with van der Waals surface area (Å²) < 4.78 is 5.78. The lowest BCUT2D eigenvalue weighted by Crippen LogP contribution is -1.97. The molecular weight excluding hydrogens is 424 g/mol. The Morgan fingerprint density at radius 1 is 0.889 bits per heavy atom. The van der Waals surface area contributed by atoms with Crippen LogP contribution in [0.5, 0.6) is 5.75 Å². The van der Waals surface area contributed by atoms with E-state index in [4.69, 9.17) is 51.1 Å².